The molecular weight excluding hydrogens is 440 g/mol. The van der Waals surface area contributed by atoms with Gasteiger partial charge in [-0.05, 0) is 36.4 Å². The van der Waals surface area contributed by atoms with Gasteiger partial charge in [-0.2, -0.15) is 13.5 Å². The number of carbonyl (C=O) groups is 1. The predicted octanol–water partition coefficient (Wildman–Crippen LogP) is 2.62. The summed E-state index contributed by atoms with van der Waals surface area (Å²) in [5.74, 6) is -1.18. The molecule has 10 nitrogen and oxygen atoms in total. The van der Waals surface area contributed by atoms with Gasteiger partial charge in [-0.1, -0.05) is 24.8 Å². The van der Waals surface area contributed by atoms with E-state index in [-0.39, 0.29) is 50.6 Å². The van der Waals surface area contributed by atoms with Crippen LogP contribution in [0.2, 0.25) is 0 Å². The monoisotopic (exact) mass is 453 g/mol. The van der Waals surface area contributed by atoms with Gasteiger partial charge >= 0.3 is 5.97 Å². The summed E-state index contributed by atoms with van der Waals surface area (Å²) in [6.07, 6.45) is 0. The minimum Gasteiger partial charge on any atom is -0.478 e. The van der Waals surface area contributed by atoms with E-state index < -0.39 is 21.6 Å². The normalized spacial score (nSPS) is 11.4. The third-order valence-corrected chi connectivity index (χ3v) is 4.63. The number of hydrogen-bond acceptors (Lipinski definition) is 7. The summed E-state index contributed by atoms with van der Waals surface area (Å²) in [4.78, 5) is 23.5. The Morgan fingerprint density at radius 2 is 1.76 bits per heavy atom. The number of hydrogen-bond donors (Lipinski definition) is 2. The second kappa shape index (κ2) is 8.54. The number of aryl methyl sites for hydroxylation is 1. The van der Waals surface area contributed by atoms with E-state index in [1.807, 2.05) is 0 Å². The Balaban J connectivity index is 0.00000300. The van der Waals surface area contributed by atoms with E-state index in [2.05, 4.69) is 15.3 Å². The summed E-state index contributed by atoms with van der Waals surface area (Å²) >= 11 is 0. The van der Waals surface area contributed by atoms with Crippen LogP contribution in [0.25, 0.3) is 5.69 Å². The number of rotatable bonds is 5. The summed E-state index contributed by atoms with van der Waals surface area (Å²) in [6.45, 7) is 1.53. The van der Waals surface area contributed by atoms with Crippen LogP contribution in [0.5, 0.6) is 0 Å². The van der Waals surface area contributed by atoms with Gasteiger partial charge in [0.1, 0.15) is 5.56 Å². The first-order chi connectivity index (χ1) is 13.2. The first-order valence-corrected chi connectivity index (χ1v) is 9.21. The third kappa shape index (κ3) is 4.69. The number of carboxylic acids is 1. The molecule has 0 atom stereocenters. The van der Waals surface area contributed by atoms with Crippen molar-refractivity contribution in [2.24, 2.45) is 10.2 Å². The molecule has 150 valence electrons. The van der Waals surface area contributed by atoms with Crippen LogP contribution < -0.4 is 5.56 Å². The number of nitrogens with zero attached hydrogens (tertiary/aromatic N) is 4. The van der Waals surface area contributed by atoms with E-state index in [1.54, 1.807) is 12.1 Å². The molecule has 29 heavy (non-hydrogen) atoms. The van der Waals surface area contributed by atoms with Crippen molar-refractivity contribution in [3.05, 3.63) is 70.1 Å². The Morgan fingerprint density at radius 3 is 2.34 bits per heavy atom. The van der Waals surface area contributed by atoms with Gasteiger partial charge in [-0.25, -0.2) is 14.6 Å². The fourth-order valence-electron chi connectivity index (χ4n) is 2.39. The average Bonchev–Trinajstić information content (AvgIpc) is 2.93. The number of azo groups is 1. The predicted molar refractivity (Wildman–Crippen MR) is 97.6 cm³/mol. The van der Waals surface area contributed by atoms with Crippen molar-refractivity contribution in [3.63, 3.8) is 0 Å². The van der Waals surface area contributed by atoms with Crippen LogP contribution >= 0.6 is 0 Å². The molecule has 3 aromatic rings. The van der Waals surface area contributed by atoms with Gasteiger partial charge in [0.2, 0.25) is 0 Å². The largest absolute Gasteiger partial charge is 0.478 e. The van der Waals surface area contributed by atoms with Crippen LogP contribution in [0, 0.1) is 6.92 Å². The maximum absolute atomic E-state index is 12.6. The topological polar surface area (TPSA) is 151 Å². The fourth-order valence-corrected chi connectivity index (χ4v) is 2.87. The summed E-state index contributed by atoms with van der Waals surface area (Å²) < 4.78 is 32.2. The molecule has 0 saturated heterocycles. The minimum atomic E-state index is -4.35. The van der Waals surface area contributed by atoms with E-state index in [0.717, 1.165) is 16.8 Å². The van der Waals surface area contributed by atoms with Gasteiger partial charge in [0.15, 0.2) is 0 Å². The van der Waals surface area contributed by atoms with Gasteiger partial charge in [0.25, 0.3) is 10.1 Å². The Hall–Kier alpha value is -3.04. The Bertz CT molecular complexity index is 1250. The van der Waals surface area contributed by atoms with E-state index >= 15 is 0 Å². The van der Waals surface area contributed by atoms with Crippen LogP contribution in [-0.2, 0) is 27.5 Å². The fraction of sp³-hybridized carbons (Fsp3) is 0.0588. The summed E-state index contributed by atoms with van der Waals surface area (Å²) in [5.41, 5.74) is -0.176. The zero-order valence-electron chi connectivity index (χ0n) is 14.8. The van der Waals surface area contributed by atoms with Gasteiger partial charge in [-0.15, -0.1) is 5.69 Å². The Labute approximate surface area is 175 Å². The van der Waals surface area contributed by atoms with Gasteiger partial charge < -0.3 is 15.0 Å². The van der Waals surface area contributed by atoms with Crippen molar-refractivity contribution >= 4 is 27.5 Å². The van der Waals surface area contributed by atoms with E-state index in [9.17, 15) is 18.0 Å². The molecule has 2 aromatic carbocycles. The molecule has 2 N–H and O–H groups in total. The number of aromatic nitrogens is 2. The van der Waals surface area contributed by atoms with Crippen molar-refractivity contribution in [1.29, 1.82) is 0 Å². The molecule has 1 aromatic heterocycles. The second-order valence-corrected chi connectivity index (χ2v) is 7.06. The minimum absolute atomic E-state index is 0. The number of benzene rings is 2. The van der Waals surface area contributed by atoms with Gasteiger partial charge in [0, 0.05) is 17.4 Å². The molecule has 0 bridgehead atoms. The molecule has 0 unspecified atom stereocenters. The van der Waals surface area contributed by atoms with Crippen molar-refractivity contribution in [3.8, 4) is 5.69 Å². The molecule has 0 fully saturated rings. The maximum atomic E-state index is 12.6. The third-order valence-electron chi connectivity index (χ3n) is 3.76. The molecule has 0 radical (unpaired) electrons. The first kappa shape index (κ1) is 22.3. The van der Waals surface area contributed by atoms with Crippen LogP contribution in [-0.4, -0.2) is 33.8 Å². The van der Waals surface area contributed by atoms with Crippen LogP contribution in [0.1, 0.15) is 16.1 Å². The van der Waals surface area contributed by atoms with Crippen molar-refractivity contribution in [1.82, 2.24) is 9.78 Å². The first-order valence-electron chi connectivity index (χ1n) is 7.77. The smallest absolute Gasteiger partial charge is 0.337 e. The molecule has 0 saturated carbocycles. The van der Waals surface area contributed by atoms with Crippen molar-refractivity contribution < 1.29 is 40.2 Å². The molecule has 0 aliphatic rings. The average molecular weight is 453 g/mol. The van der Waals surface area contributed by atoms with Gasteiger partial charge in [-0.3, -0.25) is 4.55 Å². The molecule has 0 aliphatic carbocycles. The van der Waals surface area contributed by atoms with Crippen molar-refractivity contribution in [2.75, 3.05) is 0 Å². The summed E-state index contributed by atoms with van der Waals surface area (Å²) in [6, 6.07) is 10.8. The summed E-state index contributed by atoms with van der Waals surface area (Å²) in [5, 5.41) is 20.9. The molecule has 12 heteroatoms. The van der Waals surface area contributed by atoms with Crippen LogP contribution in [0.15, 0.2) is 68.4 Å². The van der Waals surface area contributed by atoms with Gasteiger partial charge in [0.05, 0.1) is 21.8 Å². The molecule has 3 rings (SSSR count). The van der Waals surface area contributed by atoms with Crippen LogP contribution in [0.3, 0.4) is 0 Å². The van der Waals surface area contributed by atoms with E-state index in [0.29, 0.717) is 0 Å². The zero-order valence-corrected chi connectivity index (χ0v) is 16.8. The SMILES string of the molecule is Cc1nn(-c2ccc(S(=O)(=O)O)cc2)c(=O)[c-]1N=Nc1ccccc1C(=O)O.[Cr]. The number of carboxylic acid groups (broad SMARTS) is 1. The van der Waals surface area contributed by atoms with E-state index in [1.165, 1.54) is 31.2 Å². The quantitative estimate of drug-likeness (QED) is 0.342. The Morgan fingerprint density at radius 1 is 1.14 bits per heavy atom. The molecule has 0 aliphatic heterocycles. The van der Waals surface area contributed by atoms with Crippen LogP contribution in [0.4, 0.5) is 11.4 Å². The maximum Gasteiger partial charge on any atom is 0.337 e. The number of aromatic carboxylic acids is 1. The molecule has 0 spiro atoms. The molecule has 1 heterocycles. The Kier molecular flexibility index (Phi) is 6.56. The van der Waals surface area contributed by atoms with Crippen molar-refractivity contribution in [2.45, 2.75) is 11.8 Å². The van der Waals surface area contributed by atoms with E-state index in [4.69, 9.17) is 9.66 Å². The molecule has 0 amide bonds. The summed E-state index contributed by atoms with van der Waals surface area (Å²) in [7, 11) is -4.35. The zero-order chi connectivity index (χ0) is 20.5. The standard InChI is InChI=1S/C17H13N4O6S.Cr/c1-10-15(19-18-14-5-3-2-4-13(14)17(23)24)16(22)21(20-10)11-6-8-12(9-7-11)28(25,26)27;/h2-9H,1H3,(H,23,24)(H,25,26,27);/q-1;. The second-order valence-electron chi connectivity index (χ2n) is 5.64. The molecular formula is C17H13CrN4O6S-.